The SMILES string of the molecule is CC1(C)[C-]=CC=C1.Cc1cc(C)n(-c2cc3ccccc3[cH-]2)c1.[Cl][Ti][Cl]. The third kappa shape index (κ3) is 5.96. The number of benzene rings is 1. The summed E-state index contributed by atoms with van der Waals surface area (Å²) in [5.74, 6) is 0. The van der Waals surface area contributed by atoms with Crippen LogP contribution in [0.25, 0.3) is 16.5 Å². The van der Waals surface area contributed by atoms with Crippen LogP contribution in [0.5, 0.6) is 0 Å². The zero-order valence-electron chi connectivity index (χ0n) is 15.6. The molecule has 0 aliphatic heterocycles. The van der Waals surface area contributed by atoms with E-state index in [1.807, 2.05) is 12.2 Å². The van der Waals surface area contributed by atoms with Crippen molar-refractivity contribution in [2.45, 2.75) is 27.7 Å². The van der Waals surface area contributed by atoms with Gasteiger partial charge in [-0.1, -0.05) is 25.3 Å². The molecule has 1 heterocycles. The number of aromatic nitrogens is 1. The second kappa shape index (κ2) is 9.71. The Morgan fingerprint density at radius 2 is 1.81 bits per heavy atom. The summed E-state index contributed by atoms with van der Waals surface area (Å²) < 4.78 is 2.25. The molecule has 1 aliphatic carbocycles. The van der Waals surface area contributed by atoms with E-state index in [2.05, 4.69) is 93.1 Å². The number of allylic oxidation sites excluding steroid dienone is 4. The van der Waals surface area contributed by atoms with Crippen LogP contribution in [0, 0.1) is 25.3 Å². The van der Waals surface area contributed by atoms with Gasteiger partial charge >= 0.3 is 35.6 Å². The van der Waals surface area contributed by atoms with Crippen LogP contribution in [0.15, 0.2) is 66.9 Å². The molecule has 0 bridgehead atoms. The van der Waals surface area contributed by atoms with Crippen LogP contribution >= 0.6 is 18.6 Å². The minimum absolute atomic E-state index is 0.208. The average molecular weight is 420 g/mol. The molecule has 136 valence electrons. The number of halogens is 2. The van der Waals surface area contributed by atoms with Gasteiger partial charge in [0.1, 0.15) is 0 Å². The Morgan fingerprint density at radius 3 is 2.27 bits per heavy atom. The van der Waals surface area contributed by atoms with E-state index in [4.69, 9.17) is 18.6 Å². The number of fused-ring (bicyclic) bond motifs is 1. The normalized spacial score (nSPS) is 13.8. The number of rotatable bonds is 1. The molecule has 0 saturated heterocycles. The first-order valence-electron chi connectivity index (χ1n) is 8.43. The van der Waals surface area contributed by atoms with Gasteiger partial charge in [0, 0.05) is 11.9 Å². The summed E-state index contributed by atoms with van der Waals surface area (Å²) in [7, 11) is 9.78. The van der Waals surface area contributed by atoms with E-state index in [-0.39, 0.29) is 5.41 Å². The Morgan fingerprint density at radius 1 is 1.12 bits per heavy atom. The molecule has 1 aromatic heterocycles. The Hall–Kier alpha value is -1.12. The molecule has 4 heteroatoms. The summed E-state index contributed by atoms with van der Waals surface area (Å²) in [5, 5.41) is 2.62. The van der Waals surface area contributed by atoms with Gasteiger partial charge in [-0.25, -0.2) is 12.2 Å². The van der Waals surface area contributed by atoms with Crippen LogP contribution in [0.1, 0.15) is 25.1 Å². The molecule has 0 N–H and O–H groups in total. The fraction of sp³-hybridized carbons (Fsp3) is 0.227. The van der Waals surface area contributed by atoms with Gasteiger partial charge < -0.3 is 4.57 Å². The van der Waals surface area contributed by atoms with Gasteiger partial charge in [0.05, 0.1) is 0 Å². The van der Waals surface area contributed by atoms with Crippen LogP contribution in [-0.4, -0.2) is 4.57 Å². The quantitative estimate of drug-likeness (QED) is 0.288. The van der Waals surface area contributed by atoms with Crippen molar-refractivity contribution in [3.8, 4) is 5.69 Å². The summed E-state index contributed by atoms with van der Waals surface area (Å²) in [6.07, 6.45) is 11.5. The maximum atomic E-state index is 4.89. The Balaban J connectivity index is 0.000000203. The molecule has 0 radical (unpaired) electrons. The number of nitrogens with zero attached hydrogens (tertiary/aromatic N) is 1. The summed E-state index contributed by atoms with van der Waals surface area (Å²) in [6, 6.07) is 15.2. The number of hydrogen-bond donors (Lipinski definition) is 0. The van der Waals surface area contributed by atoms with E-state index < -0.39 is 17.0 Å². The van der Waals surface area contributed by atoms with Gasteiger partial charge in [-0.15, -0.1) is 41.1 Å². The zero-order valence-corrected chi connectivity index (χ0v) is 18.6. The maximum absolute atomic E-state index is 4.89. The predicted octanol–water partition coefficient (Wildman–Crippen LogP) is 7.28. The zero-order chi connectivity index (χ0) is 19.2. The molecule has 0 amide bonds. The fourth-order valence-corrected chi connectivity index (χ4v) is 2.89. The average Bonchev–Trinajstić information content (AvgIpc) is 3.26. The second-order valence-corrected chi connectivity index (χ2v) is 9.41. The summed E-state index contributed by atoms with van der Waals surface area (Å²) in [4.78, 5) is 0. The van der Waals surface area contributed by atoms with E-state index in [1.165, 1.54) is 27.7 Å². The van der Waals surface area contributed by atoms with Crippen molar-refractivity contribution in [3.05, 3.63) is 84.2 Å². The first-order valence-corrected chi connectivity index (χ1v) is 12.7. The van der Waals surface area contributed by atoms with Crippen LogP contribution < -0.4 is 0 Å². The van der Waals surface area contributed by atoms with Crippen molar-refractivity contribution in [3.63, 3.8) is 0 Å². The fourth-order valence-electron chi connectivity index (χ4n) is 2.89. The third-order valence-corrected chi connectivity index (χ3v) is 4.09. The van der Waals surface area contributed by atoms with Crippen molar-refractivity contribution in [1.82, 2.24) is 4.57 Å². The van der Waals surface area contributed by atoms with E-state index in [9.17, 15) is 0 Å². The molecule has 0 unspecified atom stereocenters. The van der Waals surface area contributed by atoms with Crippen LogP contribution in [0.3, 0.4) is 0 Å². The van der Waals surface area contributed by atoms with Crippen LogP contribution in [-0.2, 0) is 17.0 Å². The molecule has 0 atom stereocenters. The molecular weight excluding hydrogens is 397 g/mol. The summed E-state index contributed by atoms with van der Waals surface area (Å²) in [5.41, 5.74) is 4.06. The Bertz CT molecular complexity index is 853. The van der Waals surface area contributed by atoms with Gasteiger partial charge in [0.15, 0.2) is 0 Å². The van der Waals surface area contributed by atoms with Gasteiger partial charge in [-0.3, -0.25) is 6.08 Å². The van der Waals surface area contributed by atoms with E-state index >= 15 is 0 Å². The van der Waals surface area contributed by atoms with Crippen molar-refractivity contribution in [1.29, 1.82) is 0 Å². The van der Waals surface area contributed by atoms with E-state index in [1.54, 1.807) is 0 Å². The van der Waals surface area contributed by atoms with Crippen molar-refractivity contribution >= 4 is 29.4 Å². The first-order chi connectivity index (χ1) is 12.4. The predicted molar refractivity (Wildman–Crippen MR) is 111 cm³/mol. The molecule has 0 spiro atoms. The van der Waals surface area contributed by atoms with Gasteiger partial charge in [0.25, 0.3) is 0 Å². The first kappa shape index (κ1) is 21.2. The summed E-state index contributed by atoms with van der Waals surface area (Å²) in [6.45, 7) is 8.54. The molecule has 1 aliphatic rings. The van der Waals surface area contributed by atoms with Gasteiger partial charge in [-0.2, -0.15) is 6.08 Å². The molecule has 3 aromatic rings. The van der Waals surface area contributed by atoms with Crippen molar-refractivity contribution in [2.24, 2.45) is 5.41 Å². The van der Waals surface area contributed by atoms with E-state index in [0.717, 1.165) is 0 Å². The molecule has 1 nitrogen and oxygen atoms in total. The van der Waals surface area contributed by atoms with Gasteiger partial charge in [0.2, 0.25) is 0 Å². The Labute approximate surface area is 173 Å². The molecule has 0 saturated carbocycles. The number of hydrogen-bond acceptors (Lipinski definition) is 0. The molecule has 4 rings (SSSR count). The monoisotopic (exact) mass is 419 g/mol. The van der Waals surface area contributed by atoms with Crippen LogP contribution in [0.4, 0.5) is 0 Å². The standard InChI is InChI=1S/C15H14N.C7H9.2ClH.Ti/c1-11-7-12(2)16(10-11)15-8-13-5-3-4-6-14(13)9-15;1-7(2)5-3-4-6-7;;;/h3-10H,1-2H3;3-5H,1-2H3;2*1H;/q2*-1;;;+2/p-2. The number of aryl methyl sites for hydroxylation is 2. The van der Waals surface area contributed by atoms with Crippen molar-refractivity contribution in [2.75, 3.05) is 0 Å². The van der Waals surface area contributed by atoms with Crippen LogP contribution in [0.2, 0.25) is 0 Å². The molecule has 2 aromatic carbocycles. The molecule has 26 heavy (non-hydrogen) atoms. The third-order valence-electron chi connectivity index (χ3n) is 4.09. The molecular formula is C22H23Cl2NTi-2. The Kier molecular flexibility index (Phi) is 7.92. The minimum atomic E-state index is -0.556. The summed E-state index contributed by atoms with van der Waals surface area (Å²) >= 11 is -0.556. The molecule has 0 fully saturated rings. The topological polar surface area (TPSA) is 4.93 Å². The van der Waals surface area contributed by atoms with Crippen molar-refractivity contribution < 1.29 is 17.0 Å². The second-order valence-electron chi connectivity index (χ2n) is 6.83. The van der Waals surface area contributed by atoms with Gasteiger partial charge in [-0.05, 0) is 31.2 Å². The van der Waals surface area contributed by atoms with E-state index in [0.29, 0.717) is 0 Å².